The highest BCUT2D eigenvalue weighted by atomic mass is 16.3. The first-order chi connectivity index (χ1) is 4.09. The number of rotatable bonds is 2. The van der Waals surface area contributed by atoms with Crippen molar-refractivity contribution in [2.24, 2.45) is 5.73 Å². The lowest BCUT2D eigenvalue weighted by Crippen LogP contribution is -2.45. The van der Waals surface area contributed by atoms with Crippen molar-refractivity contribution in [2.45, 2.75) is 19.1 Å². The molecule has 0 aliphatic carbocycles. The van der Waals surface area contributed by atoms with Crippen molar-refractivity contribution in [3.8, 4) is 0 Å². The van der Waals surface area contributed by atoms with E-state index in [2.05, 4.69) is 5.32 Å². The summed E-state index contributed by atoms with van der Waals surface area (Å²) in [4.78, 5) is 10.6. The number of nitrogens with one attached hydrogen (secondary N) is 1. The van der Waals surface area contributed by atoms with Crippen LogP contribution >= 0.6 is 0 Å². The number of aliphatic hydroxyl groups excluding tert-OH is 1. The highest BCUT2D eigenvalue weighted by Gasteiger charge is 2.16. The van der Waals surface area contributed by atoms with Gasteiger partial charge in [-0.1, -0.05) is 0 Å². The Hall–Kier alpha value is -0.610. The van der Waals surface area contributed by atoms with Crippen molar-refractivity contribution in [3.05, 3.63) is 0 Å². The monoisotopic (exact) mass is 132 g/mol. The zero-order valence-electron chi connectivity index (χ0n) is 5.59. The lowest BCUT2D eigenvalue weighted by molar-refractivity contribution is -0.123. The third-order valence-corrected chi connectivity index (χ3v) is 1.07. The SMILES string of the molecule is CNC(=O)[C@H](N)[C@@H](C)O. The largest absolute Gasteiger partial charge is 0.391 e. The van der Waals surface area contributed by atoms with Gasteiger partial charge in [-0.2, -0.15) is 0 Å². The standard InChI is InChI=1S/C5H12N2O2/c1-3(8)4(6)5(9)7-2/h3-4,8H,6H2,1-2H3,(H,7,9)/t3-,4-/m1/s1. The van der Waals surface area contributed by atoms with E-state index in [0.717, 1.165) is 0 Å². The van der Waals surface area contributed by atoms with Gasteiger partial charge in [-0.15, -0.1) is 0 Å². The molecule has 0 unspecified atom stereocenters. The molecular formula is C5H12N2O2. The quantitative estimate of drug-likeness (QED) is 0.425. The van der Waals surface area contributed by atoms with Gasteiger partial charge in [0.1, 0.15) is 6.04 Å². The van der Waals surface area contributed by atoms with Crippen molar-refractivity contribution in [3.63, 3.8) is 0 Å². The van der Waals surface area contributed by atoms with Crippen molar-refractivity contribution < 1.29 is 9.90 Å². The van der Waals surface area contributed by atoms with Crippen molar-refractivity contribution >= 4 is 5.91 Å². The molecule has 0 rings (SSSR count). The van der Waals surface area contributed by atoms with E-state index in [4.69, 9.17) is 10.8 Å². The number of nitrogens with two attached hydrogens (primary N) is 1. The normalized spacial score (nSPS) is 16.4. The first-order valence-corrected chi connectivity index (χ1v) is 2.75. The summed E-state index contributed by atoms with van der Waals surface area (Å²) < 4.78 is 0. The van der Waals surface area contributed by atoms with Gasteiger partial charge in [0, 0.05) is 7.05 Å². The van der Waals surface area contributed by atoms with Gasteiger partial charge in [0.05, 0.1) is 6.10 Å². The van der Waals surface area contributed by atoms with Crippen LogP contribution in [0.5, 0.6) is 0 Å². The molecule has 2 atom stereocenters. The molecule has 54 valence electrons. The van der Waals surface area contributed by atoms with Crippen LogP contribution in [-0.2, 0) is 4.79 Å². The van der Waals surface area contributed by atoms with Crippen LogP contribution in [0, 0.1) is 0 Å². The van der Waals surface area contributed by atoms with Crippen LogP contribution in [0.1, 0.15) is 6.92 Å². The molecule has 4 nitrogen and oxygen atoms in total. The van der Waals surface area contributed by atoms with Gasteiger partial charge in [0.25, 0.3) is 0 Å². The molecule has 0 aromatic rings. The fourth-order valence-corrected chi connectivity index (χ4v) is 0.386. The van der Waals surface area contributed by atoms with Gasteiger partial charge in [0.2, 0.25) is 5.91 Å². The molecule has 0 saturated carbocycles. The predicted molar refractivity (Wildman–Crippen MR) is 33.7 cm³/mol. The minimum atomic E-state index is -0.810. The summed E-state index contributed by atoms with van der Waals surface area (Å²) in [5, 5.41) is 11.1. The molecule has 0 aliphatic rings. The predicted octanol–water partition coefficient (Wildman–Crippen LogP) is -1.56. The number of aliphatic hydroxyl groups is 1. The minimum absolute atomic E-state index is 0.343. The Morgan fingerprint density at radius 2 is 2.22 bits per heavy atom. The van der Waals surface area contributed by atoms with Crippen LogP contribution in [0.4, 0.5) is 0 Å². The summed E-state index contributed by atoms with van der Waals surface area (Å²) >= 11 is 0. The number of carbonyl (C=O) groups excluding carboxylic acids is 1. The highest BCUT2D eigenvalue weighted by Crippen LogP contribution is 1.86. The Bertz CT molecular complexity index is 103. The van der Waals surface area contributed by atoms with Crippen LogP contribution in [-0.4, -0.2) is 30.2 Å². The zero-order valence-corrected chi connectivity index (χ0v) is 5.59. The molecule has 0 bridgehead atoms. The van der Waals surface area contributed by atoms with Crippen LogP contribution < -0.4 is 11.1 Å². The average Bonchev–Trinajstić information content (AvgIpc) is 1.84. The lowest BCUT2D eigenvalue weighted by Gasteiger charge is -2.11. The summed E-state index contributed by atoms with van der Waals surface area (Å²) in [5.41, 5.74) is 5.21. The van der Waals surface area contributed by atoms with Crippen molar-refractivity contribution in [1.82, 2.24) is 5.32 Å². The summed E-state index contributed by atoms with van der Waals surface area (Å²) in [6.07, 6.45) is -0.787. The number of carbonyl (C=O) groups is 1. The Balaban J connectivity index is 3.72. The first kappa shape index (κ1) is 8.39. The second-order valence-electron chi connectivity index (χ2n) is 1.88. The highest BCUT2D eigenvalue weighted by molar-refractivity contribution is 5.81. The maximum absolute atomic E-state index is 10.6. The number of likely N-dealkylation sites (N-methyl/N-ethyl adjacent to an activating group) is 1. The summed E-state index contributed by atoms with van der Waals surface area (Å²) in [6, 6.07) is -0.810. The maximum Gasteiger partial charge on any atom is 0.239 e. The molecule has 9 heavy (non-hydrogen) atoms. The fraction of sp³-hybridized carbons (Fsp3) is 0.800. The molecule has 0 fully saturated rings. The van der Waals surface area contributed by atoms with E-state index in [1.165, 1.54) is 14.0 Å². The first-order valence-electron chi connectivity index (χ1n) is 2.75. The smallest absolute Gasteiger partial charge is 0.239 e. The van der Waals surface area contributed by atoms with Crippen LogP contribution in [0.25, 0.3) is 0 Å². The molecule has 0 aliphatic heterocycles. The van der Waals surface area contributed by atoms with E-state index >= 15 is 0 Å². The molecular weight excluding hydrogens is 120 g/mol. The van der Waals surface area contributed by atoms with E-state index in [-0.39, 0.29) is 5.91 Å². The Morgan fingerprint density at radius 3 is 2.33 bits per heavy atom. The Labute approximate surface area is 54.0 Å². The third-order valence-electron chi connectivity index (χ3n) is 1.07. The molecule has 0 aromatic carbocycles. The minimum Gasteiger partial charge on any atom is -0.391 e. The third kappa shape index (κ3) is 2.43. The van der Waals surface area contributed by atoms with Crippen LogP contribution in [0.3, 0.4) is 0 Å². The molecule has 4 N–H and O–H groups in total. The Morgan fingerprint density at radius 1 is 1.78 bits per heavy atom. The summed E-state index contributed by atoms with van der Waals surface area (Å²) in [6.45, 7) is 1.47. The molecule has 4 heteroatoms. The molecule has 0 aromatic heterocycles. The van der Waals surface area contributed by atoms with Gasteiger partial charge in [-0.3, -0.25) is 4.79 Å². The number of hydrogen-bond donors (Lipinski definition) is 3. The number of amides is 1. The van der Waals surface area contributed by atoms with Gasteiger partial charge in [-0.25, -0.2) is 0 Å². The lowest BCUT2D eigenvalue weighted by atomic mass is 10.2. The van der Waals surface area contributed by atoms with Gasteiger partial charge >= 0.3 is 0 Å². The van der Waals surface area contributed by atoms with Crippen molar-refractivity contribution in [1.29, 1.82) is 0 Å². The van der Waals surface area contributed by atoms with Gasteiger partial charge < -0.3 is 16.2 Å². The van der Waals surface area contributed by atoms with Crippen LogP contribution in [0.2, 0.25) is 0 Å². The summed E-state index contributed by atoms with van der Waals surface area (Å²) in [7, 11) is 1.48. The molecule has 0 spiro atoms. The topological polar surface area (TPSA) is 75.4 Å². The maximum atomic E-state index is 10.6. The van der Waals surface area contributed by atoms with E-state index in [1.54, 1.807) is 0 Å². The van der Waals surface area contributed by atoms with Gasteiger partial charge in [-0.05, 0) is 6.92 Å². The fourth-order valence-electron chi connectivity index (χ4n) is 0.386. The second kappa shape index (κ2) is 3.42. The molecule has 0 radical (unpaired) electrons. The Kier molecular flexibility index (Phi) is 3.19. The molecule has 0 heterocycles. The van der Waals surface area contributed by atoms with E-state index in [0.29, 0.717) is 0 Å². The van der Waals surface area contributed by atoms with Crippen molar-refractivity contribution in [2.75, 3.05) is 7.05 Å². The number of hydrogen-bond acceptors (Lipinski definition) is 3. The zero-order chi connectivity index (χ0) is 7.44. The molecule has 1 amide bonds. The van der Waals surface area contributed by atoms with Crippen LogP contribution in [0.15, 0.2) is 0 Å². The average molecular weight is 132 g/mol. The van der Waals surface area contributed by atoms with E-state index < -0.39 is 12.1 Å². The van der Waals surface area contributed by atoms with E-state index in [1.807, 2.05) is 0 Å². The molecule has 0 saturated heterocycles. The second-order valence-corrected chi connectivity index (χ2v) is 1.88. The summed E-state index contributed by atoms with van der Waals surface area (Å²) in [5.74, 6) is -0.343. The van der Waals surface area contributed by atoms with Gasteiger partial charge in [0.15, 0.2) is 0 Å². The van der Waals surface area contributed by atoms with E-state index in [9.17, 15) is 4.79 Å².